The van der Waals surface area contributed by atoms with E-state index in [0.717, 1.165) is 48.5 Å². The number of likely N-dealkylation sites (tertiary alicyclic amines) is 1. The molecule has 4 heterocycles. The lowest BCUT2D eigenvalue weighted by atomic mass is 10.0. The second kappa shape index (κ2) is 9.42. The molecular weight excluding hydrogens is 561 g/mol. The summed E-state index contributed by atoms with van der Waals surface area (Å²) in [5.41, 5.74) is 3.30. The van der Waals surface area contributed by atoms with Gasteiger partial charge in [0.25, 0.3) is 5.79 Å². The third-order valence-corrected chi connectivity index (χ3v) is 9.51. The van der Waals surface area contributed by atoms with Crippen molar-refractivity contribution in [3.05, 3.63) is 88.0 Å². The lowest BCUT2D eigenvalue weighted by Crippen LogP contribution is -2.33. The number of hydrogen-bond donors (Lipinski definition) is 1. The Balaban J connectivity index is 1.01. The molecule has 3 unspecified atom stereocenters. The number of aromatic nitrogens is 2. The molecule has 3 aliphatic heterocycles. The fourth-order valence-corrected chi connectivity index (χ4v) is 7.20. The zero-order valence-electron chi connectivity index (χ0n) is 22.9. The quantitative estimate of drug-likeness (QED) is 0.291. The normalized spacial score (nSPS) is 27.7. The van der Waals surface area contributed by atoms with Gasteiger partial charge in [-0.2, -0.15) is 0 Å². The largest absolute Gasteiger partial charge is 0.478 e. The summed E-state index contributed by atoms with van der Waals surface area (Å²) in [6.45, 7) is 5.69. The minimum absolute atomic E-state index is 0.125. The van der Waals surface area contributed by atoms with Gasteiger partial charge in [0.05, 0.1) is 41.4 Å². The van der Waals surface area contributed by atoms with Crippen molar-refractivity contribution in [1.29, 1.82) is 0 Å². The van der Waals surface area contributed by atoms with E-state index in [-0.39, 0.29) is 11.7 Å². The number of hydrogen-bond acceptors (Lipinski definition) is 6. The van der Waals surface area contributed by atoms with Crippen molar-refractivity contribution in [1.82, 2.24) is 14.5 Å². The van der Waals surface area contributed by atoms with Crippen LogP contribution in [-0.2, 0) is 23.6 Å². The Morgan fingerprint density at radius 2 is 1.95 bits per heavy atom. The first-order chi connectivity index (χ1) is 20.3. The number of halogens is 2. The predicted molar refractivity (Wildman–Crippen MR) is 153 cm³/mol. The van der Waals surface area contributed by atoms with Crippen LogP contribution >= 0.6 is 11.6 Å². The van der Waals surface area contributed by atoms with Crippen LogP contribution in [0.2, 0.25) is 5.02 Å². The van der Waals surface area contributed by atoms with Crippen molar-refractivity contribution >= 4 is 28.6 Å². The number of fused-ring (bicyclic) bond motifs is 3. The van der Waals surface area contributed by atoms with E-state index in [9.17, 15) is 14.3 Å². The molecule has 0 radical (unpaired) electrons. The van der Waals surface area contributed by atoms with Crippen molar-refractivity contribution in [3.63, 3.8) is 0 Å². The number of carboxylic acids is 1. The number of imidazole rings is 1. The minimum atomic E-state index is -1.27. The summed E-state index contributed by atoms with van der Waals surface area (Å²) < 4.78 is 35.2. The molecule has 1 N–H and O–H groups in total. The van der Waals surface area contributed by atoms with Crippen LogP contribution in [0.25, 0.3) is 11.0 Å². The van der Waals surface area contributed by atoms with E-state index in [1.165, 1.54) is 6.07 Å². The fraction of sp³-hybridized carbons (Fsp3) is 0.375. The average Bonchev–Trinajstić information content (AvgIpc) is 3.21. The lowest BCUT2D eigenvalue weighted by molar-refractivity contribution is -0.0710. The molecule has 1 aliphatic carbocycles. The summed E-state index contributed by atoms with van der Waals surface area (Å²) in [6, 6.07) is 15.6. The first-order valence-corrected chi connectivity index (χ1v) is 14.7. The maximum absolute atomic E-state index is 14.8. The Morgan fingerprint density at radius 3 is 2.67 bits per heavy atom. The van der Waals surface area contributed by atoms with E-state index < -0.39 is 17.6 Å². The highest BCUT2D eigenvalue weighted by molar-refractivity contribution is 6.30. The van der Waals surface area contributed by atoms with Crippen LogP contribution in [0.3, 0.4) is 0 Å². The Hall–Kier alpha value is -3.66. The van der Waals surface area contributed by atoms with E-state index in [2.05, 4.69) is 15.5 Å². The summed E-state index contributed by atoms with van der Waals surface area (Å²) in [7, 11) is 0. The fourth-order valence-electron chi connectivity index (χ4n) is 7.04. The van der Waals surface area contributed by atoms with Gasteiger partial charge in [-0.15, -0.1) is 0 Å². The molecular formula is C32H29ClFN3O5. The van der Waals surface area contributed by atoms with E-state index in [1.54, 1.807) is 37.3 Å². The molecule has 4 aliphatic rings. The van der Waals surface area contributed by atoms with Crippen molar-refractivity contribution in [3.8, 4) is 11.5 Å². The molecule has 8 nitrogen and oxygen atoms in total. The Kier molecular flexibility index (Phi) is 5.83. The SMILES string of the molecule is CC1(c2ccc(Cl)cc2F)Oc2cccc(C3C4CN(Cc5nc6ccc(C(=O)O)cc6n5C[C@@H]5CCO5)CC43)c2O1. The highest BCUT2D eigenvalue weighted by Gasteiger charge is 2.58. The molecule has 0 amide bonds. The molecule has 216 valence electrons. The number of para-hydroxylation sites is 1. The third kappa shape index (κ3) is 4.17. The molecule has 8 rings (SSSR count). The zero-order chi connectivity index (χ0) is 28.7. The van der Waals surface area contributed by atoms with Gasteiger partial charge in [0, 0.05) is 37.2 Å². The van der Waals surface area contributed by atoms with Gasteiger partial charge in [0.1, 0.15) is 11.6 Å². The standard InChI is InChI=1S/C32H29ClFN3O5/c1-32(23-7-6-18(33)12-24(23)34)41-27-4-2-3-20(30(27)42-32)29-21-14-36(15-22(21)29)16-28-35-25-8-5-17(31(38)39)11-26(25)37(28)13-19-9-10-40-19/h2-8,11-12,19,21-22,29H,9-10,13-16H2,1H3,(H,38,39)/t19-,21?,22?,29?,32?/m0/s1. The lowest BCUT2D eigenvalue weighted by Gasteiger charge is -2.28. The molecule has 3 fully saturated rings. The molecule has 10 heteroatoms. The van der Waals surface area contributed by atoms with Gasteiger partial charge in [-0.25, -0.2) is 14.2 Å². The topological polar surface area (TPSA) is 86.1 Å². The number of benzene rings is 3. The number of carboxylic acid groups (broad SMARTS) is 1. The van der Waals surface area contributed by atoms with Crippen LogP contribution in [0.5, 0.6) is 11.5 Å². The monoisotopic (exact) mass is 589 g/mol. The molecule has 3 aromatic carbocycles. The first kappa shape index (κ1) is 26.0. The number of carbonyl (C=O) groups is 1. The van der Waals surface area contributed by atoms with Crippen molar-refractivity contribution in [2.45, 2.75) is 44.2 Å². The van der Waals surface area contributed by atoms with Crippen LogP contribution in [0, 0.1) is 17.7 Å². The average molecular weight is 590 g/mol. The highest BCUT2D eigenvalue weighted by atomic mass is 35.5. The van der Waals surface area contributed by atoms with Crippen LogP contribution < -0.4 is 9.47 Å². The van der Waals surface area contributed by atoms with Crippen LogP contribution in [0.4, 0.5) is 4.39 Å². The van der Waals surface area contributed by atoms with E-state index in [0.29, 0.717) is 52.9 Å². The molecule has 4 atom stereocenters. The van der Waals surface area contributed by atoms with Crippen molar-refractivity contribution in [2.75, 3.05) is 19.7 Å². The molecule has 42 heavy (non-hydrogen) atoms. The highest BCUT2D eigenvalue weighted by Crippen LogP contribution is 2.62. The maximum Gasteiger partial charge on any atom is 0.335 e. The van der Waals surface area contributed by atoms with E-state index >= 15 is 0 Å². The Labute approximate surface area is 246 Å². The predicted octanol–water partition coefficient (Wildman–Crippen LogP) is 5.81. The second-order valence-electron chi connectivity index (χ2n) is 11.9. The van der Waals surface area contributed by atoms with Crippen LogP contribution in [0.15, 0.2) is 54.6 Å². The number of rotatable bonds is 7. The summed E-state index contributed by atoms with van der Waals surface area (Å²) in [4.78, 5) is 19.0. The van der Waals surface area contributed by atoms with Gasteiger partial charge < -0.3 is 23.9 Å². The Morgan fingerprint density at radius 1 is 1.14 bits per heavy atom. The van der Waals surface area contributed by atoms with Crippen LogP contribution in [-0.4, -0.2) is 51.3 Å². The Bertz CT molecular complexity index is 1740. The summed E-state index contributed by atoms with van der Waals surface area (Å²) in [6.07, 6.45) is 1.12. The molecule has 1 aromatic heterocycles. The maximum atomic E-state index is 14.8. The van der Waals surface area contributed by atoms with Gasteiger partial charge in [0.15, 0.2) is 11.5 Å². The van der Waals surface area contributed by atoms with Gasteiger partial charge in [-0.1, -0.05) is 23.7 Å². The van der Waals surface area contributed by atoms with Crippen molar-refractivity contribution in [2.24, 2.45) is 11.8 Å². The second-order valence-corrected chi connectivity index (χ2v) is 12.4. The number of ether oxygens (including phenoxy) is 3. The van der Waals surface area contributed by atoms with E-state index in [4.69, 9.17) is 30.8 Å². The smallest absolute Gasteiger partial charge is 0.335 e. The molecule has 1 saturated carbocycles. The van der Waals surface area contributed by atoms with Gasteiger partial charge in [-0.05, 0) is 66.6 Å². The van der Waals surface area contributed by atoms with Gasteiger partial charge in [-0.3, -0.25) is 4.90 Å². The molecule has 2 saturated heterocycles. The van der Waals surface area contributed by atoms with Gasteiger partial charge >= 0.3 is 5.97 Å². The first-order valence-electron chi connectivity index (χ1n) is 14.3. The minimum Gasteiger partial charge on any atom is -0.478 e. The van der Waals surface area contributed by atoms with Gasteiger partial charge in [0.2, 0.25) is 0 Å². The van der Waals surface area contributed by atoms with Crippen LogP contribution in [0.1, 0.15) is 46.6 Å². The number of piperidine rings is 1. The summed E-state index contributed by atoms with van der Waals surface area (Å²) in [5, 5.41) is 9.85. The zero-order valence-corrected chi connectivity index (χ0v) is 23.7. The van der Waals surface area contributed by atoms with E-state index in [1.807, 2.05) is 12.1 Å². The molecule has 0 bridgehead atoms. The molecule has 4 aromatic rings. The number of aromatic carboxylic acids is 1. The van der Waals surface area contributed by atoms with Crippen molar-refractivity contribution < 1.29 is 28.5 Å². The molecule has 0 spiro atoms. The number of nitrogens with zero attached hydrogens (tertiary/aromatic N) is 3. The third-order valence-electron chi connectivity index (χ3n) is 9.28. The summed E-state index contributed by atoms with van der Waals surface area (Å²) >= 11 is 5.97. The summed E-state index contributed by atoms with van der Waals surface area (Å²) in [5.74, 6) is 0.861.